The van der Waals surface area contributed by atoms with E-state index in [-0.39, 0.29) is 5.91 Å². The number of amides is 1. The Balaban J connectivity index is 1.70. The first-order valence-electron chi connectivity index (χ1n) is 6.90. The third-order valence-electron chi connectivity index (χ3n) is 3.29. The van der Waals surface area contributed by atoms with Crippen LogP contribution in [0.5, 0.6) is 0 Å². The Kier molecular flexibility index (Phi) is 5.29. The molecule has 0 aromatic carbocycles. The summed E-state index contributed by atoms with van der Waals surface area (Å²) in [6.45, 7) is 4.91. The predicted octanol–water partition coefficient (Wildman–Crippen LogP) is -0.547. The van der Waals surface area contributed by atoms with Gasteiger partial charge in [-0.15, -0.1) is 5.10 Å². The summed E-state index contributed by atoms with van der Waals surface area (Å²) < 4.78 is 1.58. The number of aromatic nitrogens is 3. The number of nitrogens with one attached hydrogen (secondary N) is 1. The first-order valence-corrected chi connectivity index (χ1v) is 6.90. The van der Waals surface area contributed by atoms with Crippen LogP contribution in [0.4, 0.5) is 0 Å². The minimum atomic E-state index is -0.166. The summed E-state index contributed by atoms with van der Waals surface area (Å²) in [5.41, 5.74) is 5.77. The van der Waals surface area contributed by atoms with E-state index in [1.807, 2.05) is 0 Å². The van der Waals surface area contributed by atoms with Crippen molar-refractivity contribution in [2.75, 3.05) is 32.7 Å². The topological polar surface area (TPSA) is 89.1 Å². The van der Waals surface area contributed by atoms with Gasteiger partial charge in [-0.1, -0.05) is 11.6 Å². The second-order valence-electron chi connectivity index (χ2n) is 4.81. The summed E-state index contributed by atoms with van der Waals surface area (Å²) in [6, 6.07) is 0. The van der Waals surface area contributed by atoms with Crippen LogP contribution in [0.3, 0.4) is 0 Å². The molecule has 1 aromatic heterocycles. The van der Waals surface area contributed by atoms with E-state index in [1.54, 1.807) is 10.9 Å². The average molecular weight is 266 g/mol. The zero-order chi connectivity index (χ0) is 13.5. The molecule has 106 valence electrons. The fraction of sp³-hybridized carbons (Fsp3) is 0.750. The van der Waals surface area contributed by atoms with Gasteiger partial charge in [-0.3, -0.25) is 9.48 Å². The van der Waals surface area contributed by atoms with Crippen LogP contribution in [-0.4, -0.2) is 58.5 Å². The van der Waals surface area contributed by atoms with Crippen LogP contribution in [0.1, 0.15) is 29.8 Å². The Morgan fingerprint density at radius 2 is 2.11 bits per heavy atom. The van der Waals surface area contributed by atoms with Gasteiger partial charge in [-0.25, -0.2) is 0 Å². The van der Waals surface area contributed by atoms with E-state index in [0.717, 1.165) is 19.6 Å². The van der Waals surface area contributed by atoms with Crippen molar-refractivity contribution in [3.05, 3.63) is 11.9 Å². The van der Waals surface area contributed by atoms with Crippen molar-refractivity contribution in [3.63, 3.8) is 0 Å². The monoisotopic (exact) mass is 266 g/mol. The van der Waals surface area contributed by atoms with Crippen LogP contribution in [-0.2, 0) is 6.54 Å². The Bertz CT molecular complexity index is 399. The molecule has 0 atom stereocenters. The summed E-state index contributed by atoms with van der Waals surface area (Å²) in [6.07, 6.45) is 5.49. The molecular formula is C12H22N6O. The van der Waals surface area contributed by atoms with Gasteiger partial charge in [-0.2, -0.15) is 0 Å². The van der Waals surface area contributed by atoms with Crippen molar-refractivity contribution in [2.24, 2.45) is 5.73 Å². The number of carbonyl (C=O) groups is 1. The number of hydrogen-bond acceptors (Lipinski definition) is 5. The van der Waals surface area contributed by atoms with Crippen molar-refractivity contribution < 1.29 is 4.79 Å². The van der Waals surface area contributed by atoms with Crippen LogP contribution >= 0.6 is 0 Å². The Hall–Kier alpha value is -1.47. The standard InChI is InChI=1S/C12H22N6O/c13-4-8-18-10-11(15-16-18)12(19)14-5-9-17-6-2-1-3-7-17/h10H,1-9,13H2,(H,14,19). The Labute approximate surface area is 113 Å². The van der Waals surface area contributed by atoms with E-state index in [4.69, 9.17) is 5.73 Å². The van der Waals surface area contributed by atoms with Crippen LogP contribution in [0, 0.1) is 0 Å². The van der Waals surface area contributed by atoms with Crippen LogP contribution in [0.2, 0.25) is 0 Å². The van der Waals surface area contributed by atoms with E-state index in [2.05, 4.69) is 20.5 Å². The maximum absolute atomic E-state index is 11.8. The highest BCUT2D eigenvalue weighted by Gasteiger charge is 2.12. The molecule has 0 aliphatic carbocycles. The number of nitrogens with zero attached hydrogens (tertiary/aromatic N) is 4. The Morgan fingerprint density at radius 3 is 2.84 bits per heavy atom. The third kappa shape index (κ3) is 4.29. The van der Waals surface area contributed by atoms with Gasteiger partial charge in [0.05, 0.1) is 12.7 Å². The number of piperidine rings is 1. The zero-order valence-electron chi connectivity index (χ0n) is 11.2. The van der Waals surface area contributed by atoms with Crippen molar-refractivity contribution in [3.8, 4) is 0 Å². The normalized spacial score (nSPS) is 16.5. The quantitative estimate of drug-likeness (QED) is 0.721. The lowest BCUT2D eigenvalue weighted by atomic mass is 10.1. The van der Waals surface area contributed by atoms with Gasteiger partial charge in [-0.05, 0) is 25.9 Å². The Morgan fingerprint density at radius 1 is 1.32 bits per heavy atom. The molecule has 1 saturated heterocycles. The van der Waals surface area contributed by atoms with E-state index < -0.39 is 0 Å². The molecule has 2 rings (SSSR count). The van der Waals surface area contributed by atoms with Gasteiger partial charge in [0.15, 0.2) is 5.69 Å². The molecule has 0 unspecified atom stereocenters. The van der Waals surface area contributed by atoms with E-state index in [0.29, 0.717) is 25.3 Å². The molecule has 1 fully saturated rings. The minimum Gasteiger partial charge on any atom is -0.349 e. The number of hydrogen-bond donors (Lipinski definition) is 2. The van der Waals surface area contributed by atoms with Crippen LogP contribution in [0.15, 0.2) is 6.20 Å². The lowest BCUT2D eigenvalue weighted by Gasteiger charge is -2.26. The van der Waals surface area contributed by atoms with Gasteiger partial charge in [0.1, 0.15) is 0 Å². The molecule has 1 aliphatic heterocycles. The smallest absolute Gasteiger partial charge is 0.273 e. The molecule has 0 spiro atoms. The highest BCUT2D eigenvalue weighted by Crippen LogP contribution is 2.07. The summed E-state index contributed by atoms with van der Waals surface area (Å²) in [7, 11) is 0. The fourth-order valence-electron chi connectivity index (χ4n) is 2.25. The van der Waals surface area contributed by atoms with Gasteiger partial charge in [0.2, 0.25) is 0 Å². The van der Waals surface area contributed by atoms with E-state index in [1.165, 1.54) is 19.3 Å². The molecule has 3 N–H and O–H groups in total. The second-order valence-corrected chi connectivity index (χ2v) is 4.81. The lowest BCUT2D eigenvalue weighted by Crippen LogP contribution is -2.37. The molecule has 0 bridgehead atoms. The summed E-state index contributed by atoms with van der Waals surface area (Å²) in [5.74, 6) is -0.166. The van der Waals surface area contributed by atoms with Crippen LogP contribution in [0.25, 0.3) is 0 Å². The minimum absolute atomic E-state index is 0.166. The number of carbonyl (C=O) groups excluding carboxylic acids is 1. The highest BCUT2D eigenvalue weighted by molar-refractivity contribution is 5.91. The average Bonchev–Trinajstić information content (AvgIpc) is 2.89. The first kappa shape index (κ1) is 14.0. The maximum atomic E-state index is 11.8. The largest absolute Gasteiger partial charge is 0.349 e. The molecule has 19 heavy (non-hydrogen) atoms. The van der Waals surface area contributed by atoms with Crippen molar-refractivity contribution in [2.45, 2.75) is 25.8 Å². The van der Waals surface area contributed by atoms with Crippen molar-refractivity contribution in [1.29, 1.82) is 0 Å². The van der Waals surface area contributed by atoms with Gasteiger partial charge in [0, 0.05) is 19.6 Å². The second kappa shape index (κ2) is 7.20. The number of nitrogens with two attached hydrogens (primary N) is 1. The molecule has 7 heteroatoms. The molecule has 0 radical (unpaired) electrons. The van der Waals surface area contributed by atoms with E-state index >= 15 is 0 Å². The van der Waals surface area contributed by atoms with E-state index in [9.17, 15) is 4.79 Å². The lowest BCUT2D eigenvalue weighted by molar-refractivity contribution is 0.0941. The third-order valence-corrected chi connectivity index (χ3v) is 3.29. The highest BCUT2D eigenvalue weighted by atomic mass is 16.2. The van der Waals surface area contributed by atoms with Gasteiger partial charge >= 0.3 is 0 Å². The summed E-state index contributed by atoms with van der Waals surface area (Å²) >= 11 is 0. The molecule has 1 aromatic rings. The summed E-state index contributed by atoms with van der Waals surface area (Å²) in [4.78, 5) is 14.2. The van der Waals surface area contributed by atoms with Gasteiger partial charge in [0.25, 0.3) is 5.91 Å². The maximum Gasteiger partial charge on any atom is 0.273 e. The predicted molar refractivity (Wildman–Crippen MR) is 71.7 cm³/mol. The molecule has 7 nitrogen and oxygen atoms in total. The first-order chi connectivity index (χ1) is 9.29. The molecule has 2 heterocycles. The number of rotatable bonds is 6. The SMILES string of the molecule is NCCn1cc(C(=O)NCCN2CCCCC2)nn1. The summed E-state index contributed by atoms with van der Waals surface area (Å²) in [5, 5.41) is 10.5. The van der Waals surface area contributed by atoms with Crippen LogP contribution < -0.4 is 11.1 Å². The van der Waals surface area contributed by atoms with Gasteiger partial charge < -0.3 is 16.0 Å². The molecule has 1 amide bonds. The van der Waals surface area contributed by atoms with Crippen molar-refractivity contribution in [1.82, 2.24) is 25.2 Å². The van der Waals surface area contributed by atoms with Crippen molar-refractivity contribution >= 4 is 5.91 Å². The molecule has 1 aliphatic rings. The molecular weight excluding hydrogens is 244 g/mol. The molecule has 0 saturated carbocycles. The zero-order valence-corrected chi connectivity index (χ0v) is 11.2. The number of likely N-dealkylation sites (tertiary alicyclic amines) is 1. The fourth-order valence-corrected chi connectivity index (χ4v) is 2.25.